The Balaban J connectivity index is 1.69. The number of hydrogen-bond donors (Lipinski definition) is 0. The van der Waals surface area contributed by atoms with E-state index in [1.807, 2.05) is 38.1 Å². The van der Waals surface area contributed by atoms with Gasteiger partial charge in [0.05, 0.1) is 38.1 Å². The maximum Gasteiger partial charge on any atom is 0.262 e. The summed E-state index contributed by atoms with van der Waals surface area (Å²) in [6.07, 6.45) is 0.461. The van der Waals surface area contributed by atoms with Crippen LogP contribution in [0.2, 0.25) is 0 Å². The van der Waals surface area contributed by atoms with E-state index in [1.165, 1.54) is 35.2 Å². The smallest absolute Gasteiger partial charge is 0.262 e. The maximum absolute atomic E-state index is 14.5. The minimum atomic E-state index is -0.651. The summed E-state index contributed by atoms with van der Waals surface area (Å²) < 4.78 is 30.5. The molecular weight excluding hydrogens is 513 g/mol. The highest BCUT2D eigenvalue weighted by atomic mass is 19.1. The molecule has 1 heterocycles. The van der Waals surface area contributed by atoms with Crippen molar-refractivity contribution in [2.24, 2.45) is 5.10 Å². The van der Waals surface area contributed by atoms with E-state index in [1.54, 1.807) is 26.4 Å². The molecule has 0 N–H and O–H groups in total. The van der Waals surface area contributed by atoms with Gasteiger partial charge in [0.2, 0.25) is 0 Å². The third-order valence-corrected chi connectivity index (χ3v) is 7.08. The van der Waals surface area contributed by atoms with E-state index in [2.05, 4.69) is 6.07 Å². The molecule has 0 fully saturated rings. The zero-order valence-electron chi connectivity index (χ0n) is 23.4. The van der Waals surface area contributed by atoms with E-state index in [0.717, 1.165) is 28.0 Å². The Bertz CT molecular complexity index is 1420. The molecule has 0 bridgehead atoms. The van der Waals surface area contributed by atoms with Gasteiger partial charge in [-0.1, -0.05) is 30.3 Å². The molecule has 3 aromatic carbocycles. The van der Waals surface area contributed by atoms with E-state index in [4.69, 9.17) is 19.3 Å². The average molecular weight is 548 g/mol. The highest BCUT2D eigenvalue weighted by Gasteiger charge is 2.35. The molecule has 0 saturated heterocycles. The van der Waals surface area contributed by atoms with E-state index < -0.39 is 23.7 Å². The second kappa shape index (κ2) is 12.7. The van der Waals surface area contributed by atoms with Gasteiger partial charge in [0.25, 0.3) is 11.8 Å². The lowest BCUT2D eigenvalue weighted by Crippen LogP contribution is -2.43. The molecule has 1 aliphatic rings. The van der Waals surface area contributed by atoms with Crippen LogP contribution in [0.4, 0.5) is 4.39 Å². The lowest BCUT2D eigenvalue weighted by atomic mass is 9.96. The van der Waals surface area contributed by atoms with Crippen LogP contribution in [0.15, 0.2) is 65.8 Å². The van der Waals surface area contributed by atoms with Crippen molar-refractivity contribution in [3.05, 3.63) is 94.3 Å². The predicted molar refractivity (Wildman–Crippen MR) is 150 cm³/mol. The molecule has 0 spiro atoms. The Kier molecular flexibility index (Phi) is 9.16. The average Bonchev–Trinajstić information content (AvgIpc) is 3.42. The van der Waals surface area contributed by atoms with Crippen molar-refractivity contribution in [3.63, 3.8) is 0 Å². The first kappa shape index (κ1) is 28.8. The molecule has 0 saturated carbocycles. The molecule has 0 unspecified atom stereocenters. The minimum Gasteiger partial charge on any atom is -0.493 e. The fraction of sp³-hybridized carbons (Fsp3) is 0.323. The molecule has 0 radical (unpaired) electrons. The van der Waals surface area contributed by atoms with Crippen molar-refractivity contribution >= 4 is 17.5 Å². The van der Waals surface area contributed by atoms with Gasteiger partial charge in [-0.15, -0.1) is 0 Å². The zero-order chi connectivity index (χ0) is 28.8. The molecule has 8 nitrogen and oxygen atoms in total. The number of rotatable bonds is 10. The summed E-state index contributed by atoms with van der Waals surface area (Å²) in [7, 11) is 4.62. The van der Waals surface area contributed by atoms with Gasteiger partial charge in [-0.3, -0.25) is 9.59 Å². The topological polar surface area (TPSA) is 80.7 Å². The van der Waals surface area contributed by atoms with Crippen LogP contribution in [-0.2, 0) is 9.53 Å². The van der Waals surface area contributed by atoms with Crippen LogP contribution in [0, 0.1) is 19.7 Å². The Labute approximate surface area is 233 Å². The third kappa shape index (κ3) is 6.15. The zero-order valence-corrected chi connectivity index (χ0v) is 23.4. The van der Waals surface area contributed by atoms with Gasteiger partial charge in [-0.25, -0.2) is 9.40 Å². The summed E-state index contributed by atoms with van der Waals surface area (Å²) in [5.41, 5.74) is 4.64. The van der Waals surface area contributed by atoms with Crippen LogP contribution in [-0.4, -0.2) is 68.5 Å². The molecule has 2 amide bonds. The van der Waals surface area contributed by atoms with Crippen LogP contribution >= 0.6 is 0 Å². The first-order valence-corrected chi connectivity index (χ1v) is 13.0. The van der Waals surface area contributed by atoms with Crippen molar-refractivity contribution in [3.8, 4) is 11.5 Å². The highest BCUT2D eigenvalue weighted by molar-refractivity contribution is 6.04. The molecule has 1 atom stereocenters. The van der Waals surface area contributed by atoms with Crippen LogP contribution < -0.4 is 9.47 Å². The lowest BCUT2D eigenvalue weighted by molar-refractivity contribution is -0.133. The Morgan fingerprint density at radius 1 is 0.975 bits per heavy atom. The van der Waals surface area contributed by atoms with Crippen LogP contribution in [0.3, 0.4) is 0 Å². The first-order chi connectivity index (χ1) is 19.3. The van der Waals surface area contributed by atoms with E-state index in [9.17, 15) is 14.0 Å². The van der Waals surface area contributed by atoms with Crippen molar-refractivity contribution in [2.75, 3.05) is 41.0 Å². The monoisotopic (exact) mass is 547 g/mol. The Hall–Kier alpha value is -4.24. The number of amides is 2. The SMILES string of the molecule is COCCN(CC(=O)N1N=C(c2ccc(C)c(C)c2)C[C@@H]1c1ccc(OC)c(OC)c1)C(=O)c1ccccc1F. The normalized spacial score (nSPS) is 14.6. The number of benzene rings is 3. The van der Waals surface area contributed by atoms with Crippen LogP contribution in [0.1, 0.15) is 45.1 Å². The first-order valence-electron chi connectivity index (χ1n) is 13.0. The summed E-state index contributed by atoms with van der Waals surface area (Å²) in [4.78, 5) is 28.4. The predicted octanol–water partition coefficient (Wildman–Crippen LogP) is 4.93. The van der Waals surface area contributed by atoms with Gasteiger partial charge < -0.3 is 19.1 Å². The maximum atomic E-state index is 14.5. The molecule has 0 aromatic heterocycles. The number of carbonyl (C=O) groups is 2. The number of hydrogen-bond acceptors (Lipinski definition) is 6. The second-order valence-electron chi connectivity index (χ2n) is 9.62. The summed E-state index contributed by atoms with van der Waals surface area (Å²) >= 11 is 0. The van der Waals surface area contributed by atoms with Gasteiger partial charge in [-0.2, -0.15) is 5.10 Å². The Morgan fingerprint density at radius 3 is 2.40 bits per heavy atom. The van der Waals surface area contributed by atoms with Gasteiger partial charge >= 0.3 is 0 Å². The van der Waals surface area contributed by atoms with Crippen molar-refractivity contribution in [2.45, 2.75) is 26.3 Å². The molecule has 3 aromatic rings. The molecular formula is C31H34FN3O5. The quantitative estimate of drug-likeness (QED) is 0.360. The van der Waals surface area contributed by atoms with Crippen LogP contribution in [0.25, 0.3) is 0 Å². The number of carbonyl (C=O) groups excluding carboxylic acids is 2. The van der Waals surface area contributed by atoms with E-state index in [-0.39, 0.29) is 25.3 Å². The molecule has 9 heteroatoms. The van der Waals surface area contributed by atoms with E-state index in [0.29, 0.717) is 17.9 Å². The molecule has 4 rings (SSSR count). The Morgan fingerprint density at radius 2 is 1.73 bits per heavy atom. The number of nitrogens with zero attached hydrogens (tertiary/aromatic N) is 3. The molecule has 1 aliphatic heterocycles. The van der Waals surface area contributed by atoms with Crippen LogP contribution in [0.5, 0.6) is 11.5 Å². The fourth-order valence-electron chi connectivity index (χ4n) is 4.65. The van der Waals surface area contributed by atoms with Crippen molar-refractivity contribution in [1.82, 2.24) is 9.91 Å². The summed E-state index contributed by atoms with van der Waals surface area (Å²) in [6, 6.07) is 16.8. The van der Waals surface area contributed by atoms with E-state index >= 15 is 0 Å². The standard InChI is InChI=1S/C31H34FN3O5/c1-20-10-11-22(16-21(20)2)26-18-27(23-12-13-28(39-4)29(17-23)40-5)35(33-26)30(36)19-34(14-15-38-3)31(37)24-8-6-7-9-25(24)32/h6-13,16-17,27H,14-15,18-19H2,1-5H3/t27-/m1/s1. The number of halogens is 1. The number of methoxy groups -OCH3 is 3. The minimum absolute atomic E-state index is 0.108. The summed E-state index contributed by atoms with van der Waals surface area (Å²) in [5.74, 6) is -0.549. The van der Waals surface area contributed by atoms with Gasteiger partial charge in [0.1, 0.15) is 12.4 Å². The summed E-state index contributed by atoms with van der Waals surface area (Å²) in [6.45, 7) is 4.07. The largest absolute Gasteiger partial charge is 0.493 e. The van der Waals surface area contributed by atoms with Crippen molar-refractivity contribution < 1.29 is 28.2 Å². The number of ether oxygens (including phenoxy) is 3. The second-order valence-corrected chi connectivity index (χ2v) is 9.62. The van der Waals surface area contributed by atoms with Gasteiger partial charge in [0, 0.05) is 20.1 Å². The molecule has 40 heavy (non-hydrogen) atoms. The number of aryl methyl sites for hydroxylation is 2. The molecule has 210 valence electrons. The third-order valence-electron chi connectivity index (χ3n) is 7.08. The van der Waals surface area contributed by atoms with Gasteiger partial charge in [-0.05, 0) is 66.4 Å². The van der Waals surface area contributed by atoms with Gasteiger partial charge in [0.15, 0.2) is 11.5 Å². The summed E-state index contributed by atoms with van der Waals surface area (Å²) in [5, 5.41) is 6.17. The number of hydrazone groups is 1. The fourth-order valence-corrected chi connectivity index (χ4v) is 4.65. The highest BCUT2D eigenvalue weighted by Crippen LogP contribution is 2.37. The van der Waals surface area contributed by atoms with Crippen molar-refractivity contribution in [1.29, 1.82) is 0 Å². The lowest BCUT2D eigenvalue weighted by Gasteiger charge is -2.27. The molecule has 0 aliphatic carbocycles.